The van der Waals surface area contributed by atoms with Crippen LogP contribution >= 0.6 is 27.5 Å². The van der Waals surface area contributed by atoms with Gasteiger partial charge in [-0.05, 0) is 28.1 Å². The van der Waals surface area contributed by atoms with Crippen LogP contribution in [-0.4, -0.2) is 22.4 Å². The van der Waals surface area contributed by atoms with Crippen LogP contribution in [0.15, 0.2) is 21.7 Å². The Hall–Kier alpha value is -0.650. The number of ketones is 1. The zero-order chi connectivity index (χ0) is 10.2. The third-order valence-electron chi connectivity index (χ3n) is 1.52. The standard InChI is InChI=1S/C7H5BrClNO3/c8-3-1-7(13,6(10)12)2-4(9)5(3)11/h1-2,13H,(H2,10,12)/t7-/m1/s1. The van der Waals surface area contributed by atoms with Crippen molar-refractivity contribution in [3.05, 3.63) is 21.7 Å². The highest BCUT2D eigenvalue weighted by atomic mass is 79.9. The molecule has 0 aliphatic heterocycles. The van der Waals surface area contributed by atoms with Crippen LogP contribution in [0.4, 0.5) is 0 Å². The number of allylic oxidation sites excluding steroid dienone is 2. The van der Waals surface area contributed by atoms with E-state index in [-0.39, 0.29) is 9.51 Å². The molecule has 4 nitrogen and oxygen atoms in total. The van der Waals surface area contributed by atoms with E-state index >= 15 is 0 Å². The van der Waals surface area contributed by atoms with Gasteiger partial charge in [0.05, 0.1) is 9.51 Å². The number of aliphatic hydroxyl groups is 1. The summed E-state index contributed by atoms with van der Waals surface area (Å²) in [5.74, 6) is -1.48. The number of hydrogen-bond acceptors (Lipinski definition) is 3. The molecule has 0 bridgehead atoms. The lowest BCUT2D eigenvalue weighted by molar-refractivity contribution is -0.128. The molecule has 0 saturated carbocycles. The number of rotatable bonds is 1. The number of primary amides is 1. The van der Waals surface area contributed by atoms with Crippen LogP contribution in [0.1, 0.15) is 0 Å². The number of Topliss-reactive ketones (excluding diaryl/α,β-unsaturated/α-hetero) is 1. The van der Waals surface area contributed by atoms with E-state index in [1.54, 1.807) is 0 Å². The van der Waals surface area contributed by atoms with Gasteiger partial charge in [0.15, 0.2) is 5.60 Å². The Morgan fingerprint density at radius 1 is 1.62 bits per heavy atom. The molecule has 1 amide bonds. The van der Waals surface area contributed by atoms with Crippen molar-refractivity contribution in [1.29, 1.82) is 0 Å². The van der Waals surface area contributed by atoms with Gasteiger partial charge in [-0.2, -0.15) is 0 Å². The van der Waals surface area contributed by atoms with Gasteiger partial charge < -0.3 is 10.8 Å². The van der Waals surface area contributed by atoms with E-state index in [2.05, 4.69) is 15.9 Å². The molecule has 6 heteroatoms. The largest absolute Gasteiger partial charge is 0.373 e. The summed E-state index contributed by atoms with van der Waals surface area (Å²) in [6.45, 7) is 0. The van der Waals surface area contributed by atoms with Gasteiger partial charge in [0.2, 0.25) is 5.78 Å². The Balaban J connectivity index is 3.20. The van der Waals surface area contributed by atoms with Crippen LogP contribution in [-0.2, 0) is 9.59 Å². The van der Waals surface area contributed by atoms with Gasteiger partial charge in [-0.1, -0.05) is 11.6 Å². The van der Waals surface area contributed by atoms with Crippen molar-refractivity contribution >= 4 is 39.2 Å². The van der Waals surface area contributed by atoms with Gasteiger partial charge in [-0.25, -0.2) is 0 Å². The minimum absolute atomic E-state index is 0.0151. The predicted octanol–water partition coefficient (Wildman–Crippen LogP) is 0.187. The number of carbonyl (C=O) groups is 2. The molecule has 1 atom stereocenters. The number of nitrogens with two attached hydrogens (primary N) is 1. The molecule has 13 heavy (non-hydrogen) atoms. The molecule has 0 aromatic carbocycles. The van der Waals surface area contributed by atoms with Crippen LogP contribution in [0.25, 0.3) is 0 Å². The van der Waals surface area contributed by atoms with Crippen molar-refractivity contribution in [2.45, 2.75) is 5.60 Å². The first-order valence-corrected chi connectivity index (χ1v) is 4.37. The van der Waals surface area contributed by atoms with E-state index in [1.165, 1.54) is 0 Å². The first-order chi connectivity index (χ1) is 5.87. The zero-order valence-electron chi connectivity index (χ0n) is 6.25. The third kappa shape index (κ3) is 1.82. The van der Waals surface area contributed by atoms with Crippen LogP contribution in [0, 0.1) is 0 Å². The maximum atomic E-state index is 11.1. The van der Waals surface area contributed by atoms with E-state index in [0.717, 1.165) is 12.2 Å². The molecule has 0 fully saturated rings. The molecule has 0 spiro atoms. The van der Waals surface area contributed by atoms with Crippen molar-refractivity contribution in [3.63, 3.8) is 0 Å². The number of halogens is 2. The summed E-state index contributed by atoms with van der Waals surface area (Å²) >= 11 is 8.32. The first kappa shape index (κ1) is 10.4. The maximum Gasteiger partial charge on any atom is 0.257 e. The van der Waals surface area contributed by atoms with Crippen LogP contribution in [0.5, 0.6) is 0 Å². The van der Waals surface area contributed by atoms with E-state index in [4.69, 9.17) is 17.3 Å². The van der Waals surface area contributed by atoms with Crippen molar-refractivity contribution in [2.75, 3.05) is 0 Å². The van der Waals surface area contributed by atoms with Crippen LogP contribution in [0.2, 0.25) is 0 Å². The predicted molar refractivity (Wildman–Crippen MR) is 50.1 cm³/mol. The van der Waals surface area contributed by atoms with Gasteiger partial charge in [0.25, 0.3) is 5.91 Å². The number of hydrogen-bond donors (Lipinski definition) is 2. The van der Waals surface area contributed by atoms with Crippen LogP contribution < -0.4 is 5.73 Å². The molecule has 0 radical (unpaired) electrons. The van der Waals surface area contributed by atoms with Crippen molar-refractivity contribution < 1.29 is 14.7 Å². The van der Waals surface area contributed by atoms with Gasteiger partial charge >= 0.3 is 0 Å². The molecular weight excluding hydrogens is 261 g/mol. The number of carbonyl (C=O) groups excluding carboxylic acids is 2. The second-order valence-electron chi connectivity index (χ2n) is 2.50. The van der Waals surface area contributed by atoms with Gasteiger partial charge in [-0.3, -0.25) is 9.59 Å². The fraction of sp³-hybridized carbons (Fsp3) is 0.143. The Labute approximate surface area is 87.2 Å². The molecule has 1 aliphatic rings. The molecule has 1 aliphatic carbocycles. The lowest BCUT2D eigenvalue weighted by Gasteiger charge is -2.20. The Morgan fingerprint density at radius 3 is 2.54 bits per heavy atom. The van der Waals surface area contributed by atoms with Crippen molar-refractivity contribution in [2.24, 2.45) is 5.73 Å². The number of amides is 1. The summed E-state index contributed by atoms with van der Waals surface area (Å²) in [7, 11) is 0. The van der Waals surface area contributed by atoms with Gasteiger partial charge in [0.1, 0.15) is 0 Å². The van der Waals surface area contributed by atoms with Crippen molar-refractivity contribution in [1.82, 2.24) is 0 Å². The van der Waals surface area contributed by atoms with E-state index in [1.807, 2.05) is 0 Å². The smallest absolute Gasteiger partial charge is 0.257 e. The second-order valence-corrected chi connectivity index (χ2v) is 3.76. The molecule has 70 valence electrons. The van der Waals surface area contributed by atoms with Crippen molar-refractivity contribution in [3.8, 4) is 0 Å². The molecular formula is C7H5BrClNO3. The normalized spacial score (nSPS) is 28.1. The molecule has 0 saturated heterocycles. The molecule has 1 rings (SSSR count). The molecule has 0 aromatic rings. The maximum absolute atomic E-state index is 11.1. The van der Waals surface area contributed by atoms with E-state index in [9.17, 15) is 14.7 Å². The first-order valence-electron chi connectivity index (χ1n) is 3.20. The van der Waals surface area contributed by atoms with E-state index < -0.39 is 17.3 Å². The Bertz CT molecular complexity index is 326. The lowest BCUT2D eigenvalue weighted by atomic mass is 9.97. The highest BCUT2D eigenvalue weighted by Gasteiger charge is 2.35. The Morgan fingerprint density at radius 2 is 2.15 bits per heavy atom. The summed E-state index contributed by atoms with van der Waals surface area (Å²) in [5.41, 5.74) is 2.92. The molecule has 0 aromatic heterocycles. The topological polar surface area (TPSA) is 80.4 Å². The van der Waals surface area contributed by atoms with Gasteiger partial charge in [-0.15, -0.1) is 0 Å². The summed E-state index contributed by atoms with van der Waals surface area (Å²) in [5, 5.41) is 9.27. The summed E-state index contributed by atoms with van der Waals surface area (Å²) in [6.07, 6.45) is 1.91. The summed E-state index contributed by atoms with van der Waals surface area (Å²) in [4.78, 5) is 21.8. The molecule has 0 unspecified atom stereocenters. The fourth-order valence-electron chi connectivity index (χ4n) is 0.815. The summed E-state index contributed by atoms with van der Waals surface area (Å²) in [6, 6.07) is 0. The second kappa shape index (κ2) is 3.25. The SMILES string of the molecule is NC(=O)[C@]1(O)C=C(Cl)C(=O)C(Br)=C1. The zero-order valence-corrected chi connectivity index (χ0v) is 8.59. The highest BCUT2D eigenvalue weighted by Crippen LogP contribution is 2.27. The average molecular weight is 266 g/mol. The quantitative estimate of drug-likeness (QED) is 0.711. The monoisotopic (exact) mass is 265 g/mol. The third-order valence-corrected chi connectivity index (χ3v) is 2.39. The minimum Gasteiger partial charge on any atom is -0.373 e. The molecule has 3 N–H and O–H groups in total. The lowest BCUT2D eigenvalue weighted by Crippen LogP contribution is -2.42. The summed E-state index contributed by atoms with van der Waals surface area (Å²) < 4.78 is 0.0151. The van der Waals surface area contributed by atoms with E-state index in [0.29, 0.717) is 0 Å². The Kier molecular flexibility index (Phi) is 2.61. The minimum atomic E-state index is -1.98. The van der Waals surface area contributed by atoms with Gasteiger partial charge in [0, 0.05) is 0 Å². The molecule has 0 heterocycles. The van der Waals surface area contributed by atoms with Crippen LogP contribution in [0.3, 0.4) is 0 Å². The average Bonchev–Trinajstić information content (AvgIpc) is 2.00. The fourth-order valence-corrected chi connectivity index (χ4v) is 1.76. The highest BCUT2D eigenvalue weighted by molar-refractivity contribution is 9.12.